The lowest BCUT2D eigenvalue weighted by molar-refractivity contribution is -0.113. The first-order chi connectivity index (χ1) is 8.68. The fourth-order valence-electron chi connectivity index (χ4n) is 2.09. The fourth-order valence-corrected chi connectivity index (χ4v) is 2.09. The Morgan fingerprint density at radius 3 is 2.39 bits per heavy atom. The van der Waals surface area contributed by atoms with Crippen LogP contribution in [0, 0.1) is 0 Å². The Balaban J connectivity index is 2.20. The Hall–Kier alpha value is -2.62. The number of benzene rings is 2. The Labute approximate surface area is 104 Å². The summed E-state index contributed by atoms with van der Waals surface area (Å²) in [5, 5.41) is 0. The van der Waals surface area contributed by atoms with Crippen molar-refractivity contribution in [3.63, 3.8) is 0 Å². The molecule has 1 aliphatic rings. The maximum Gasteiger partial charge on any atom is 0.304 e. The number of hydrogen-bond donors (Lipinski definition) is 1. The van der Waals surface area contributed by atoms with Gasteiger partial charge in [-0.2, -0.15) is 0 Å². The zero-order valence-corrected chi connectivity index (χ0v) is 9.46. The highest BCUT2D eigenvalue weighted by Gasteiger charge is 2.36. The number of carbonyl (C=O) groups is 2. The second kappa shape index (κ2) is 3.70. The highest BCUT2D eigenvalue weighted by Crippen LogP contribution is 2.36. The first-order valence-corrected chi connectivity index (χ1v) is 5.52. The Morgan fingerprint density at radius 1 is 0.944 bits per heavy atom. The van der Waals surface area contributed by atoms with Crippen molar-refractivity contribution in [2.45, 2.75) is 0 Å². The second-order valence-electron chi connectivity index (χ2n) is 4.08. The van der Waals surface area contributed by atoms with Crippen LogP contribution >= 0.6 is 0 Å². The minimum Gasteiger partial charge on any atom is -0.399 e. The van der Waals surface area contributed by atoms with Crippen molar-refractivity contribution in [3.8, 4) is 0 Å². The van der Waals surface area contributed by atoms with Gasteiger partial charge in [-0.3, -0.25) is 14.5 Å². The number of hydrogen-bond acceptors (Lipinski definition) is 3. The molecule has 1 amide bonds. The van der Waals surface area contributed by atoms with E-state index in [-0.39, 0.29) is 0 Å². The number of amides is 1. The molecule has 0 spiro atoms. The number of ketones is 1. The number of carbonyl (C=O) groups excluding carboxylic acids is 2. The number of Topliss-reactive ketones (excluding diaryl/α,β-unsaturated/α-hetero) is 1. The van der Waals surface area contributed by atoms with Crippen LogP contribution in [0.15, 0.2) is 48.5 Å². The summed E-state index contributed by atoms with van der Waals surface area (Å²) < 4.78 is 0. The van der Waals surface area contributed by atoms with E-state index in [4.69, 9.17) is 5.73 Å². The molecule has 1 aliphatic heterocycles. The molecule has 2 N–H and O–H groups in total. The molecule has 88 valence electrons. The van der Waals surface area contributed by atoms with Crippen LogP contribution in [0.2, 0.25) is 0 Å². The lowest BCUT2D eigenvalue weighted by atomic mass is 10.1. The van der Waals surface area contributed by atoms with E-state index >= 15 is 0 Å². The van der Waals surface area contributed by atoms with Gasteiger partial charge in [0, 0.05) is 11.4 Å². The van der Waals surface area contributed by atoms with Gasteiger partial charge in [-0.25, -0.2) is 0 Å². The largest absolute Gasteiger partial charge is 0.399 e. The fraction of sp³-hybridized carbons (Fsp3) is 0. The molecular weight excluding hydrogens is 228 g/mol. The molecule has 4 nitrogen and oxygen atoms in total. The maximum absolute atomic E-state index is 12.0. The van der Waals surface area contributed by atoms with Crippen LogP contribution in [0.5, 0.6) is 0 Å². The summed E-state index contributed by atoms with van der Waals surface area (Å²) in [5.41, 5.74) is 7.75. The van der Waals surface area contributed by atoms with Crippen LogP contribution in [0.4, 0.5) is 17.1 Å². The summed E-state index contributed by atoms with van der Waals surface area (Å²) in [6.45, 7) is 0. The molecule has 0 radical (unpaired) electrons. The van der Waals surface area contributed by atoms with Crippen LogP contribution in [-0.4, -0.2) is 11.7 Å². The number of fused-ring (bicyclic) bond motifs is 1. The van der Waals surface area contributed by atoms with E-state index < -0.39 is 11.7 Å². The first kappa shape index (κ1) is 10.5. The number of nitrogens with zero attached hydrogens (tertiary/aromatic N) is 1. The van der Waals surface area contributed by atoms with Crippen molar-refractivity contribution in [1.82, 2.24) is 0 Å². The molecule has 1 heterocycles. The molecule has 2 aromatic rings. The Kier molecular flexibility index (Phi) is 2.16. The first-order valence-electron chi connectivity index (χ1n) is 5.52. The third-order valence-electron chi connectivity index (χ3n) is 2.92. The number of rotatable bonds is 1. The average molecular weight is 238 g/mol. The van der Waals surface area contributed by atoms with E-state index in [1.807, 2.05) is 18.2 Å². The van der Waals surface area contributed by atoms with Gasteiger partial charge in [0.05, 0.1) is 11.3 Å². The van der Waals surface area contributed by atoms with Crippen LogP contribution < -0.4 is 10.6 Å². The molecule has 0 bridgehead atoms. The van der Waals surface area contributed by atoms with E-state index in [0.717, 1.165) is 0 Å². The van der Waals surface area contributed by atoms with E-state index in [9.17, 15) is 9.59 Å². The van der Waals surface area contributed by atoms with Gasteiger partial charge < -0.3 is 5.73 Å². The second-order valence-corrected chi connectivity index (χ2v) is 4.08. The zero-order chi connectivity index (χ0) is 12.7. The maximum atomic E-state index is 12.0. The normalized spacial score (nSPS) is 13.9. The van der Waals surface area contributed by atoms with Crippen LogP contribution in [0.25, 0.3) is 0 Å². The number of nitrogens with two attached hydrogens (primary N) is 1. The van der Waals surface area contributed by atoms with E-state index in [1.54, 1.807) is 30.3 Å². The minimum atomic E-state index is -0.540. The van der Waals surface area contributed by atoms with Crippen molar-refractivity contribution in [3.05, 3.63) is 54.1 Å². The van der Waals surface area contributed by atoms with Gasteiger partial charge in [-0.1, -0.05) is 18.2 Å². The van der Waals surface area contributed by atoms with E-state index in [1.165, 1.54) is 4.90 Å². The van der Waals surface area contributed by atoms with Crippen molar-refractivity contribution in [2.24, 2.45) is 0 Å². The highest BCUT2D eigenvalue weighted by atomic mass is 16.2. The molecule has 0 aromatic heterocycles. The third kappa shape index (κ3) is 1.39. The molecule has 4 heteroatoms. The van der Waals surface area contributed by atoms with Crippen molar-refractivity contribution in [1.29, 1.82) is 0 Å². The zero-order valence-electron chi connectivity index (χ0n) is 9.46. The number of anilines is 3. The van der Waals surface area contributed by atoms with Gasteiger partial charge >= 0.3 is 5.91 Å². The quantitative estimate of drug-likeness (QED) is 0.611. The predicted octanol–water partition coefficient (Wildman–Crippen LogP) is 2.13. The van der Waals surface area contributed by atoms with Crippen molar-refractivity contribution >= 4 is 28.8 Å². The van der Waals surface area contributed by atoms with E-state index in [2.05, 4.69) is 0 Å². The monoisotopic (exact) mass is 238 g/mol. The lowest BCUT2D eigenvalue weighted by Gasteiger charge is -2.16. The van der Waals surface area contributed by atoms with Crippen molar-refractivity contribution in [2.75, 3.05) is 10.6 Å². The summed E-state index contributed by atoms with van der Waals surface area (Å²) in [5.74, 6) is -1.05. The molecule has 0 fully saturated rings. The van der Waals surface area contributed by atoms with Crippen LogP contribution in [0.1, 0.15) is 10.4 Å². The van der Waals surface area contributed by atoms with Crippen LogP contribution in [0.3, 0.4) is 0 Å². The van der Waals surface area contributed by atoms with Gasteiger partial charge in [0.25, 0.3) is 5.78 Å². The Morgan fingerprint density at radius 2 is 1.67 bits per heavy atom. The van der Waals surface area contributed by atoms with Gasteiger partial charge in [0.1, 0.15) is 0 Å². The van der Waals surface area contributed by atoms with Gasteiger partial charge in [-0.05, 0) is 30.3 Å². The Bertz CT molecular complexity index is 650. The summed E-state index contributed by atoms with van der Waals surface area (Å²) in [7, 11) is 0. The molecule has 0 saturated heterocycles. The minimum absolute atomic E-state index is 0.365. The smallest absolute Gasteiger partial charge is 0.304 e. The van der Waals surface area contributed by atoms with Gasteiger partial charge in [0.15, 0.2) is 0 Å². The molecule has 0 unspecified atom stereocenters. The number of nitrogen functional groups attached to an aromatic ring is 1. The number of para-hydroxylation sites is 1. The van der Waals surface area contributed by atoms with Gasteiger partial charge in [0.2, 0.25) is 0 Å². The topological polar surface area (TPSA) is 63.4 Å². The summed E-state index contributed by atoms with van der Waals surface area (Å²) in [4.78, 5) is 25.3. The summed E-state index contributed by atoms with van der Waals surface area (Å²) >= 11 is 0. The van der Waals surface area contributed by atoms with Crippen LogP contribution in [-0.2, 0) is 4.79 Å². The van der Waals surface area contributed by atoms with E-state index in [0.29, 0.717) is 22.6 Å². The summed E-state index contributed by atoms with van der Waals surface area (Å²) in [6.07, 6.45) is 0. The predicted molar refractivity (Wildman–Crippen MR) is 68.8 cm³/mol. The third-order valence-corrected chi connectivity index (χ3v) is 2.92. The molecule has 2 aromatic carbocycles. The molecule has 3 rings (SSSR count). The molecular formula is C14H10N2O2. The summed E-state index contributed by atoms with van der Waals surface area (Å²) in [6, 6.07) is 14.0. The standard InChI is InChI=1S/C14H10N2O2/c15-9-6-7-12-11(8-9)13(17)14(18)16(12)10-4-2-1-3-5-10/h1-8H,15H2. The van der Waals surface area contributed by atoms with Gasteiger partial charge in [-0.15, -0.1) is 0 Å². The molecule has 0 atom stereocenters. The molecule has 0 saturated carbocycles. The highest BCUT2D eigenvalue weighted by molar-refractivity contribution is 6.53. The van der Waals surface area contributed by atoms with Crippen molar-refractivity contribution < 1.29 is 9.59 Å². The SMILES string of the molecule is Nc1ccc2c(c1)C(=O)C(=O)N2c1ccccc1. The molecule has 18 heavy (non-hydrogen) atoms. The average Bonchev–Trinajstić information content (AvgIpc) is 2.64. The molecule has 0 aliphatic carbocycles. The lowest BCUT2D eigenvalue weighted by Crippen LogP contribution is -2.24.